The van der Waals surface area contributed by atoms with Crippen LogP contribution >= 0.6 is 0 Å². The fourth-order valence-electron chi connectivity index (χ4n) is 3.53. The zero-order valence-corrected chi connectivity index (χ0v) is 20.0. The summed E-state index contributed by atoms with van der Waals surface area (Å²) in [5.41, 5.74) is 0. The number of hydrogen-bond acceptors (Lipinski definition) is 1. The van der Waals surface area contributed by atoms with E-state index in [2.05, 4.69) is 37.9 Å². The van der Waals surface area contributed by atoms with Crippen LogP contribution in [-0.2, 0) is 0 Å². The first kappa shape index (κ1) is 27.3. The van der Waals surface area contributed by atoms with Gasteiger partial charge in [0.1, 0.15) is 0 Å². The third-order valence-electron chi connectivity index (χ3n) is 5.45. The first-order valence-electron chi connectivity index (χ1n) is 12.8. The topological polar surface area (TPSA) is 27.6 Å². The van der Waals surface area contributed by atoms with Crippen LogP contribution in [0.15, 0.2) is 4.99 Å². The van der Waals surface area contributed by atoms with E-state index in [0.29, 0.717) is 0 Å². The van der Waals surface area contributed by atoms with Gasteiger partial charge in [-0.1, -0.05) is 105 Å². The van der Waals surface area contributed by atoms with Gasteiger partial charge in [0.15, 0.2) is 5.96 Å². The average Bonchev–Trinajstić information content (AvgIpc) is 2.71. The summed E-state index contributed by atoms with van der Waals surface area (Å²) in [7, 11) is 0. The van der Waals surface area contributed by atoms with Gasteiger partial charge in [-0.3, -0.25) is 4.99 Å². The minimum absolute atomic E-state index is 0.984. The molecule has 0 aliphatic carbocycles. The Morgan fingerprint density at radius 1 is 0.571 bits per heavy atom. The lowest BCUT2D eigenvalue weighted by Gasteiger charge is -2.27. The zero-order chi connectivity index (χ0) is 20.7. The Balaban J connectivity index is 4.71. The van der Waals surface area contributed by atoms with Crippen LogP contribution in [0, 0.1) is 0 Å². The monoisotopic (exact) mass is 395 g/mol. The van der Waals surface area contributed by atoms with E-state index in [1.54, 1.807) is 0 Å². The van der Waals surface area contributed by atoms with E-state index < -0.39 is 0 Å². The number of rotatable bonds is 20. The van der Waals surface area contributed by atoms with Crippen LogP contribution in [-0.4, -0.2) is 37.0 Å². The van der Waals surface area contributed by atoms with Crippen LogP contribution in [0.1, 0.15) is 130 Å². The maximum absolute atomic E-state index is 5.04. The van der Waals surface area contributed by atoms with Gasteiger partial charge in [-0.2, -0.15) is 0 Å². The quantitative estimate of drug-likeness (QED) is 0.131. The summed E-state index contributed by atoms with van der Waals surface area (Å²) < 4.78 is 0. The van der Waals surface area contributed by atoms with E-state index in [0.717, 1.165) is 13.1 Å². The number of aliphatic imine (C=N–C) groups is 1. The molecule has 0 saturated carbocycles. The third kappa shape index (κ3) is 17.4. The molecule has 0 radical (unpaired) electrons. The van der Waals surface area contributed by atoms with Gasteiger partial charge in [0, 0.05) is 26.2 Å². The molecular formula is C25H53N3. The van der Waals surface area contributed by atoms with Crippen molar-refractivity contribution in [2.45, 2.75) is 130 Å². The standard InChI is InChI=1S/C25H53N3/c1-5-9-13-17-21-26-25(27-22-18-14-10-6-2)28(23-19-15-11-7-3)24-20-16-12-8-4/h5-24H2,1-4H3,(H,26,27). The maximum Gasteiger partial charge on any atom is 0.193 e. The Hall–Kier alpha value is -0.730. The van der Waals surface area contributed by atoms with Crippen molar-refractivity contribution < 1.29 is 0 Å². The van der Waals surface area contributed by atoms with E-state index >= 15 is 0 Å². The Kier molecular flexibility index (Phi) is 22.0. The number of unbranched alkanes of at least 4 members (excludes halogenated alkanes) is 12. The number of hydrogen-bond donors (Lipinski definition) is 1. The fraction of sp³-hybridized carbons (Fsp3) is 0.960. The summed E-state index contributed by atoms with van der Waals surface area (Å²) in [5, 5.41) is 3.73. The van der Waals surface area contributed by atoms with Crippen molar-refractivity contribution in [1.82, 2.24) is 10.2 Å². The smallest absolute Gasteiger partial charge is 0.193 e. The van der Waals surface area contributed by atoms with Gasteiger partial charge in [0.05, 0.1) is 0 Å². The molecule has 3 heteroatoms. The van der Waals surface area contributed by atoms with Crippen molar-refractivity contribution in [2.24, 2.45) is 4.99 Å². The minimum atomic E-state index is 0.984. The van der Waals surface area contributed by atoms with Gasteiger partial charge in [0.2, 0.25) is 0 Å². The molecule has 0 aromatic carbocycles. The third-order valence-corrected chi connectivity index (χ3v) is 5.45. The van der Waals surface area contributed by atoms with Gasteiger partial charge < -0.3 is 10.2 Å². The average molecular weight is 396 g/mol. The van der Waals surface area contributed by atoms with Gasteiger partial charge in [-0.15, -0.1) is 0 Å². The molecule has 0 aliphatic rings. The highest BCUT2D eigenvalue weighted by atomic mass is 15.3. The molecule has 168 valence electrons. The van der Waals surface area contributed by atoms with Crippen LogP contribution in [0.3, 0.4) is 0 Å². The summed E-state index contributed by atoms with van der Waals surface area (Å²) in [6.45, 7) is 13.6. The van der Waals surface area contributed by atoms with Crippen molar-refractivity contribution >= 4 is 5.96 Å². The molecule has 0 atom stereocenters. The van der Waals surface area contributed by atoms with Crippen LogP contribution < -0.4 is 5.32 Å². The Morgan fingerprint density at radius 3 is 1.54 bits per heavy atom. The predicted molar refractivity (Wildman–Crippen MR) is 128 cm³/mol. The van der Waals surface area contributed by atoms with Crippen molar-refractivity contribution in [3.05, 3.63) is 0 Å². The van der Waals surface area contributed by atoms with Crippen molar-refractivity contribution in [2.75, 3.05) is 26.2 Å². The Bertz CT molecular complexity index is 316. The molecule has 28 heavy (non-hydrogen) atoms. The lowest BCUT2D eigenvalue weighted by Crippen LogP contribution is -2.43. The molecule has 0 bridgehead atoms. The number of nitrogens with zero attached hydrogens (tertiary/aromatic N) is 2. The van der Waals surface area contributed by atoms with Gasteiger partial charge in [0.25, 0.3) is 0 Å². The summed E-state index contributed by atoms with van der Waals surface area (Å²) in [6, 6.07) is 0. The normalized spacial score (nSPS) is 11.8. The summed E-state index contributed by atoms with van der Waals surface area (Å²) in [6.07, 6.45) is 21.1. The van der Waals surface area contributed by atoms with Crippen LogP contribution in [0.5, 0.6) is 0 Å². The van der Waals surface area contributed by atoms with E-state index in [4.69, 9.17) is 4.99 Å². The Morgan fingerprint density at radius 2 is 1.04 bits per heavy atom. The highest BCUT2D eigenvalue weighted by molar-refractivity contribution is 5.80. The van der Waals surface area contributed by atoms with Crippen LogP contribution in [0.2, 0.25) is 0 Å². The molecule has 0 amide bonds. The fourth-order valence-corrected chi connectivity index (χ4v) is 3.53. The van der Waals surface area contributed by atoms with Gasteiger partial charge in [-0.05, 0) is 25.7 Å². The second kappa shape index (κ2) is 22.6. The first-order chi connectivity index (χ1) is 13.8. The summed E-state index contributed by atoms with van der Waals surface area (Å²) in [4.78, 5) is 7.62. The van der Waals surface area contributed by atoms with E-state index in [9.17, 15) is 0 Å². The molecule has 0 unspecified atom stereocenters. The molecular weight excluding hydrogens is 342 g/mol. The van der Waals surface area contributed by atoms with Crippen molar-refractivity contribution in [3.8, 4) is 0 Å². The lowest BCUT2D eigenvalue weighted by atomic mass is 10.1. The van der Waals surface area contributed by atoms with Crippen molar-refractivity contribution in [3.63, 3.8) is 0 Å². The number of nitrogens with one attached hydrogen (secondary N) is 1. The molecule has 0 heterocycles. The first-order valence-corrected chi connectivity index (χ1v) is 12.8. The molecule has 0 aliphatic heterocycles. The maximum atomic E-state index is 5.04. The van der Waals surface area contributed by atoms with E-state index in [1.165, 1.54) is 122 Å². The predicted octanol–water partition coefficient (Wildman–Crippen LogP) is 7.56. The SMILES string of the molecule is CCCCCCN=C(NCCCCCC)N(CCCCCC)CCCCCC. The second-order valence-electron chi connectivity index (χ2n) is 8.36. The lowest BCUT2D eigenvalue weighted by molar-refractivity contribution is 0.372. The van der Waals surface area contributed by atoms with Crippen molar-refractivity contribution in [1.29, 1.82) is 0 Å². The molecule has 0 aromatic heterocycles. The van der Waals surface area contributed by atoms with E-state index in [-0.39, 0.29) is 0 Å². The zero-order valence-electron chi connectivity index (χ0n) is 20.0. The van der Waals surface area contributed by atoms with Crippen LogP contribution in [0.4, 0.5) is 0 Å². The molecule has 0 fully saturated rings. The molecule has 1 N–H and O–H groups in total. The van der Waals surface area contributed by atoms with Gasteiger partial charge >= 0.3 is 0 Å². The highest BCUT2D eigenvalue weighted by Gasteiger charge is 2.10. The van der Waals surface area contributed by atoms with Gasteiger partial charge in [-0.25, -0.2) is 0 Å². The van der Waals surface area contributed by atoms with E-state index in [1.807, 2.05) is 0 Å². The highest BCUT2D eigenvalue weighted by Crippen LogP contribution is 2.07. The number of guanidine groups is 1. The molecule has 0 saturated heterocycles. The van der Waals surface area contributed by atoms with Crippen LogP contribution in [0.25, 0.3) is 0 Å². The molecule has 0 spiro atoms. The molecule has 0 aromatic rings. The Labute approximate surface area is 178 Å². The summed E-state index contributed by atoms with van der Waals surface area (Å²) >= 11 is 0. The minimum Gasteiger partial charge on any atom is -0.356 e. The molecule has 0 rings (SSSR count). The second-order valence-corrected chi connectivity index (χ2v) is 8.36. The molecule has 3 nitrogen and oxygen atoms in total. The summed E-state index contributed by atoms with van der Waals surface area (Å²) in [5.74, 6) is 1.20. The largest absolute Gasteiger partial charge is 0.356 e.